The lowest BCUT2D eigenvalue weighted by molar-refractivity contribution is 0.143. The number of hydrogen-bond donors (Lipinski definition) is 1. The van der Waals surface area contributed by atoms with Gasteiger partial charge >= 0.3 is 0 Å². The summed E-state index contributed by atoms with van der Waals surface area (Å²) in [5.74, 6) is 10.8. The van der Waals surface area contributed by atoms with Gasteiger partial charge in [0.05, 0.1) is 6.61 Å². The van der Waals surface area contributed by atoms with E-state index in [0.717, 1.165) is 0 Å². The first-order valence-corrected chi connectivity index (χ1v) is 8.73. The number of aliphatic hydroxyl groups is 1. The highest BCUT2D eigenvalue weighted by atomic mass is 28.4. The second kappa shape index (κ2) is 5.73. The Hall–Kier alpha value is -0.743. The summed E-state index contributed by atoms with van der Waals surface area (Å²) in [5.41, 5.74) is -0.977. The molecule has 0 saturated carbocycles. The van der Waals surface area contributed by atoms with E-state index in [2.05, 4.69) is 57.5 Å². The molecule has 0 rings (SSSR count). The molecule has 0 aromatic heterocycles. The molecule has 0 spiro atoms. The highest BCUT2D eigenvalue weighted by molar-refractivity contribution is 6.74. The molecule has 3 heteroatoms. The van der Waals surface area contributed by atoms with E-state index in [0.29, 0.717) is 6.61 Å². The topological polar surface area (TPSA) is 29.5 Å². The van der Waals surface area contributed by atoms with Crippen LogP contribution >= 0.6 is 0 Å². The van der Waals surface area contributed by atoms with E-state index < -0.39 is 13.9 Å². The van der Waals surface area contributed by atoms with Gasteiger partial charge in [0.15, 0.2) is 8.32 Å². The summed E-state index contributed by atoms with van der Waals surface area (Å²) in [6.07, 6.45) is 0. The maximum atomic E-state index is 9.34. The highest BCUT2D eigenvalue weighted by Gasteiger charge is 2.36. The van der Waals surface area contributed by atoms with Crippen LogP contribution in [0.1, 0.15) is 34.6 Å². The zero-order valence-electron chi connectivity index (χ0n) is 12.1. The summed E-state index contributed by atoms with van der Waals surface area (Å²) in [6.45, 7) is 14.6. The molecule has 0 aromatic carbocycles. The molecule has 0 aliphatic rings. The third kappa shape index (κ3) is 7.23. The Balaban J connectivity index is 4.26. The van der Waals surface area contributed by atoms with Crippen LogP contribution in [0.15, 0.2) is 0 Å². The fraction of sp³-hybridized carbons (Fsp3) is 0.714. The zero-order valence-corrected chi connectivity index (χ0v) is 13.1. The van der Waals surface area contributed by atoms with Crippen LogP contribution in [0, 0.1) is 23.7 Å². The molecule has 0 fully saturated rings. The molecule has 0 atom stereocenters. The molecule has 96 valence electrons. The Bertz CT molecular complexity index is 361. The van der Waals surface area contributed by atoms with Crippen LogP contribution in [0.4, 0.5) is 0 Å². The minimum Gasteiger partial charge on any atom is -0.406 e. The van der Waals surface area contributed by atoms with E-state index in [1.807, 2.05) is 0 Å². The van der Waals surface area contributed by atoms with Crippen LogP contribution in [0.2, 0.25) is 18.1 Å². The van der Waals surface area contributed by atoms with Crippen molar-refractivity contribution in [3.63, 3.8) is 0 Å². The minimum atomic E-state index is -1.70. The Labute approximate surface area is 107 Å². The average molecular weight is 252 g/mol. The minimum absolute atomic E-state index is 0.202. The van der Waals surface area contributed by atoms with E-state index in [1.54, 1.807) is 13.8 Å². The van der Waals surface area contributed by atoms with Gasteiger partial charge in [-0.3, -0.25) is 0 Å². The molecule has 0 aliphatic carbocycles. The van der Waals surface area contributed by atoms with Gasteiger partial charge in [-0.25, -0.2) is 0 Å². The van der Waals surface area contributed by atoms with Gasteiger partial charge < -0.3 is 9.53 Å². The maximum absolute atomic E-state index is 9.34. The quantitative estimate of drug-likeness (QED) is 0.605. The van der Waals surface area contributed by atoms with E-state index in [9.17, 15) is 5.11 Å². The lowest BCUT2D eigenvalue weighted by Crippen LogP contribution is -2.40. The van der Waals surface area contributed by atoms with Crippen molar-refractivity contribution in [2.45, 2.75) is 58.4 Å². The molecule has 0 bridgehead atoms. The van der Waals surface area contributed by atoms with Gasteiger partial charge in [0, 0.05) is 0 Å². The Morgan fingerprint density at radius 3 is 2.00 bits per heavy atom. The van der Waals surface area contributed by atoms with Crippen LogP contribution in [0.3, 0.4) is 0 Å². The number of hydrogen-bond acceptors (Lipinski definition) is 2. The smallest absolute Gasteiger partial charge is 0.193 e. The maximum Gasteiger partial charge on any atom is 0.193 e. The molecule has 0 unspecified atom stereocenters. The molecule has 0 heterocycles. The first-order chi connectivity index (χ1) is 7.46. The standard InChI is InChI=1S/C14H24O2Si/c1-13(2,3)17(6,7)16-12-10-8-9-11-14(4,5)15/h15H,12H2,1-7H3. The molecule has 0 amide bonds. The van der Waals surface area contributed by atoms with Crippen molar-refractivity contribution in [1.29, 1.82) is 0 Å². The lowest BCUT2D eigenvalue weighted by atomic mass is 10.1. The molecule has 1 N–H and O–H groups in total. The van der Waals surface area contributed by atoms with Crippen molar-refractivity contribution < 1.29 is 9.53 Å². The second-order valence-electron chi connectivity index (χ2n) is 6.16. The van der Waals surface area contributed by atoms with E-state index in [4.69, 9.17) is 4.43 Å². The molecule has 0 aromatic rings. The van der Waals surface area contributed by atoms with Crippen LogP contribution in [-0.4, -0.2) is 25.6 Å². The van der Waals surface area contributed by atoms with E-state index >= 15 is 0 Å². The fourth-order valence-corrected chi connectivity index (χ4v) is 1.56. The van der Waals surface area contributed by atoms with Crippen molar-refractivity contribution in [3.05, 3.63) is 0 Å². The van der Waals surface area contributed by atoms with Gasteiger partial charge in [-0.05, 0) is 43.8 Å². The van der Waals surface area contributed by atoms with Crippen LogP contribution in [0.25, 0.3) is 0 Å². The molecular formula is C14H24O2Si. The van der Waals surface area contributed by atoms with Crippen LogP contribution < -0.4 is 0 Å². The van der Waals surface area contributed by atoms with Crippen LogP contribution in [-0.2, 0) is 4.43 Å². The van der Waals surface area contributed by atoms with Gasteiger partial charge in [0.2, 0.25) is 0 Å². The molecule has 17 heavy (non-hydrogen) atoms. The summed E-state index contributed by atoms with van der Waals surface area (Å²) < 4.78 is 5.86. The Kier molecular flexibility index (Phi) is 5.48. The van der Waals surface area contributed by atoms with Crippen molar-refractivity contribution in [2.24, 2.45) is 0 Å². The molecule has 0 radical (unpaired) electrons. The predicted molar refractivity (Wildman–Crippen MR) is 75.0 cm³/mol. The summed E-state index contributed by atoms with van der Waals surface area (Å²) in [7, 11) is -1.70. The summed E-state index contributed by atoms with van der Waals surface area (Å²) in [5, 5.41) is 9.55. The predicted octanol–water partition coefficient (Wildman–Crippen LogP) is 2.79. The van der Waals surface area contributed by atoms with Crippen molar-refractivity contribution in [2.75, 3.05) is 6.61 Å². The zero-order chi connectivity index (χ0) is 13.7. The third-order valence-electron chi connectivity index (χ3n) is 2.83. The first kappa shape index (κ1) is 16.3. The van der Waals surface area contributed by atoms with Gasteiger partial charge in [-0.2, -0.15) is 0 Å². The fourth-order valence-electron chi connectivity index (χ4n) is 0.697. The SMILES string of the molecule is CC(C)(O)C#CC#CCO[Si](C)(C)C(C)(C)C. The van der Waals surface area contributed by atoms with E-state index in [1.165, 1.54) is 0 Å². The van der Waals surface area contributed by atoms with E-state index in [-0.39, 0.29) is 5.04 Å². The normalized spacial score (nSPS) is 12.2. The van der Waals surface area contributed by atoms with Gasteiger partial charge in [0.1, 0.15) is 5.60 Å². The Morgan fingerprint density at radius 2 is 1.59 bits per heavy atom. The summed E-state index contributed by atoms with van der Waals surface area (Å²) >= 11 is 0. The van der Waals surface area contributed by atoms with Gasteiger partial charge in [-0.15, -0.1) is 0 Å². The van der Waals surface area contributed by atoms with Gasteiger partial charge in [0.25, 0.3) is 0 Å². The highest BCUT2D eigenvalue weighted by Crippen LogP contribution is 2.36. The monoisotopic (exact) mass is 252 g/mol. The molecule has 0 aliphatic heterocycles. The summed E-state index contributed by atoms with van der Waals surface area (Å²) in [4.78, 5) is 0. The van der Waals surface area contributed by atoms with Crippen molar-refractivity contribution in [1.82, 2.24) is 0 Å². The van der Waals surface area contributed by atoms with Crippen LogP contribution in [0.5, 0.6) is 0 Å². The molecular weight excluding hydrogens is 228 g/mol. The largest absolute Gasteiger partial charge is 0.406 e. The van der Waals surface area contributed by atoms with Gasteiger partial charge in [-0.1, -0.05) is 32.6 Å². The second-order valence-corrected chi connectivity index (χ2v) is 11.0. The van der Waals surface area contributed by atoms with Crippen molar-refractivity contribution >= 4 is 8.32 Å². The summed E-state index contributed by atoms with van der Waals surface area (Å²) in [6, 6.07) is 0. The molecule has 2 nitrogen and oxygen atoms in total. The third-order valence-corrected chi connectivity index (χ3v) is 7.31. The van der Waals surface area contributed by atoms with Crippen molar-refractivity contribution in [3.8, 4) is 23.7 Å². The number of rotatable bonds is 2. The molecule has 0 saturated heterocycles. The average Bonchev–Trinajstić information content (AvgIpc) is 2.07. The first-order valence-electron chi connectivity index (χ1n) is 5.82. The Morgan fingerprint density at radius 1 is 1.06 bits per heavy atom. The lowest BCUT2D eigenvalue weighted by Gasteiger charge is -2.35.